The summed E-state index contributed by atoms with van der Waals surface area (Å²) in [6, 6.07) is 7.92. The molecule has 0 radical (unpaired) electrons. The molecular formula is C21H28N4O3. The maximum absolute atomic E-state index is 12.5. The Balaban J connectivity index is 1.95. The summed E-state index contributed by atoms with van der Waals surface area (Å²) in [5, 5.41) is 15.4. The maximum Gasteiger partial charge on any atom is 0.409 e. The molecule has 0 saturated carbocycles. The summed E-state index contributed by atoms with van der Waals surface area (Å²) < 4.78 is 5.01. The average Bonchev–Trinajstić information content (AvgIpc) is 2.70. The predicted octanol–water partition coefficient (Wildman–Crippen LogP) is 3.11. The van der Waals surface area contributed by atoms with Crippen molar-refractivity contribution in [3.05, 3.63) is 41.1 Å². The third-order valence-electron chi connectivity index (χ3n) is 4.83. The lowest BCUT2D eigenvalue weighted by Crippen LogP contribution is -2.44. The van der Waals surface area contributed by atoms with Gasteiger partial charge in [0, 0.05) is 31.0 Å². The number of rotatable bonds is 6. The van der Waals surface area contributed by atoms with Crippen molar-refractivity contribution < 1.29 is 14.3 Å². The van der Waals surface area contributed by atoms with Crippen LogP contribution in [0.2, 0.25) is 0 Å². The zero-order valence-electron chi connectivity index (χ0n) is 16.7. The van der Waals surface area contributed by atoms with Gasteiger partial charge >= 0.3 is 6.09 Å². The molecule has 1 aromatic carbocycles. The van der Waals surface area contributed by atoms with Gasteiger partial charge in [-0.25, -0.2) is 4.79 Å². The molecule has 150 valence electrons. The number of ether oxygens (including phenoxy) is 1. The van der Waals surface area contributed by atoms with E-state index in [2.05, 4.69) is 10.6 Å². The second kappa shape index (κ2) is 10.4. The van der Waals surface area contributed by atoms with E-state index < -0.39 is 5.91 Å². The van der Waals surface area contributed by atoms with E-state index in [1.54, 1.807) is 11.8 Å². The number of para-hydroxylation sites is 1. The quantitative estimate of drug-likeness (QED) is 0.580. The molecule has 1 aliphatic rings. The lowest BCUT2D eigenvalue weighted by molar-refractivity contribution is -0.112. The maximum atomic E-state index is 12.5. The Morgan fingerprint density at radius 3 is 2.64 bits per heavy atom. The number of aryl methyl sites for hydroxylation is 2. The second-order valence-electron chi connectivity index (χ2n) is 6.71. The van der Waals surface area contributed by atoms with Crippen LogP contribution in [-0.2, 0) is 16.0 Å². The molecule has 7 heteroatoms. The highest BCUT2D eigenvalue weighted by Crippen LogP contribution is 2.21. The Labute approximate surface area is 166 Å². The molecule has 0 spiro atoms. The molecule has 0 aliphatic carbocycles. The predicted molar refractivity (Wildman–Crippen MR) is 108 cm³/mol. The fourth-order valence-electron chi connectivity index (χ4n) is 3.18. The first-order valence-electron chi connectivity index (χ1n) is 9.68. The number of hydrogen-bond donors (Lipinski definition) is 2. The van der Waals surface area contributed by atoms with Crippen molar-refractivity contribution in [2.45, 2.75) is 46.1 Å². The van der Waals surface area contributed by atoms with Gasteiger partial charge in [-0.15, -0.1) is 0 Å². The number of carbonyl (C=O) groups is 2. The standard InChI is InChI=1S/C21H28N4O3/c1-4-16-8-6-7-15(3)19(16)24-20(26)17(13-22)14-23-18-9-11-25(12-10-18)21(27)28-5-2/h6-8,14,18,23H,4-5,9-12H2,1-3H3,(H,24,26)/b17-14-. The molecule has 2 amide bonds. The van der Waals surface area contributed by atoms with Gasteiger partial charge in [-0.3, -0.25) is 4.79 Å². The number of anilines is 1. The van der Waals surface area contributed by atoms with Gasteiger partial charge in [0.25, 0.3) is 5.91 Å². The number of nitrogens with one attached hydrogen (secondary N) is 2. The molecule has 0 atom stereocenters. The van der Waals surface area contributed by atoms with Gasteiger partial charge in [0.15, 0.2) is 0 Å². The van der Waals surface area contributed by atoms with Crippen molar-refractivity contribution in [2.75, 3.05) is 25.0 Å². The van der Waals surface area contributed by atoms with Gasteiger partial charge in [-0.1, -0.05) is 25.1 Å². The summed E-state index contributed by atoms with van der Waals surface area (Å²) in [4.78, 5) is 25.9. The second-order valence-corrected chi connectivity index (χ2v) is 6.71. The molecular weight excluding hydrogens is 356 g/mol. The number of nitriles is 1. The normalized spacial score (nSPS) is 14.9. The van der Waals surface area contributed by atoms with Crippen molar-refractivity contribution in [1.82, 2.24) is 10.2 Å². The first-order chi connectivity index (χ1) is 13.5. The Bertz CT molecular complexity index is 774. The minimum atomic E-state index is -0.428. The van der Waals surface area contributed by atoms with Crippen LogP contribution in [-0.4, -0.2) is 42.6 Å². The van der Waals surface area contributed by atoms with E-state index >= 15 is 0 Å². The number of hydrogen-bond acceptors (Lipinski definition) is 5. The van der Waals surface area contributed by atoms with E-state index in [1.807, 2.05) is 38.1 Å². The van der Waals surface area contributed by atoms with Crippen molar-refractivity contribution in [3.63, 3.8) is 0 Å². The molecule has 28 heavy (non-hydrogen) atoms. The zero-order chi connectivity index (χ0) is 20.5. The summed E-state index contributed by atoms with van der Waals surface area (Å²) in [6.07, 6.45) is 3.43. The molecule has 1 heterocycles. The molecule has 7 nitrogen and oxygen atoms in total. The zero-order valence-corrected chi connectivity index (χ0v) is 16.7. The monoisotopic (exact) mass is 384 g/mol. The van der Waals surface area contributed by atoms with Crippen LogP contribution in [0.25, 0.3) is 0 Å². The van der Waals surface area contributed by atoms with Crippen molar-refractivity contribution in [3.8, 4) is 6.07 Å². The highest BCUT2D eigenvalue weighted by atomic mass is 16.6. The number of benzene rings is 1. The third-order valence-corrected chi connectivity index (χ3v) is 4.83. The van der Waals surface area contributed by atoms with Crippen molar-refractivity contribution in [2.24, 2.45) is 0 Å². The third kappa shape index (κ3) is 5.49. The Morgan fingerprint density at radius 1 is 1.32 bits per heavy atom. The molecule has 1 fully saturated rings. The van der Waals surface area contributed by atoms with Gasteiger partial charge < -0.3 is 20.3 Å². The SMILES string of the molecule is CCOC(=O)N1CCC(N/C=C(/C#N)C(=O)Nc2c(C)cccc2CC)CC1. The highest BCUT2D eigenvalue weighted by Gasteiger charge is 2.23. The number of amides is 2. The van der Waals surface area contributed by atoms with Crippen LogP contribution in [0.3, 0.4) is 0 Å². The fraction of sp³-hybridized carbons (Fsp3) is 0.476. The van der Waals surface area contributed by atoms with Crippen molar-refractivity contribution in [1.29, 1.82) is 5.26 Å². The molecule has 0 aromatic heterocycles. The summed E-state index contributed by atoms with van der Waals surface area (Å²) in [6.45, 7) is 7.27. The van der Waals surface area contributed by atoms with E-state index in [0.717, 1.165) is 36.1 Å². The fourth-order valence-corrected chi connectivity index (χ4v) is 3.18. The number of carbonyl (C=O) groups excluding carboxylic acids is 2. The van der Waals surface area contributed by atoms with E-state index in [9.17, 15) is 14.9 Å². The molecule has 1 saturated heterocycles. The first-order valence-corrected chi connectivity index (χ1v) is 9.68. The van der Waals surface area contributed by atoms with Crippen LogP contribution in [0.4, 0.5) is 10.5 Å². The Kier molecular flexibility index (Phi) is 7.88. The van der Waals surface area contributed by atoms with Crippen molar-refractivity contribution >= 4 is 17.7 Å². The minimum Gasteiger partial charge on any atom is -0.450 e. The van der Waals surface area contributed by atoms with Crippen LogP contribution < -0.4 is 10.6 Å². The van der Waals surface area contributed by atoms with Crippen LogP contribution >= 0.6 is 0 Å². The summed E-state index contributed by atoms with van der Waals surface area (Å²) in [5.74, 6) is -0.428. The highest BCUT2D eigenvalue weighted by molar-refractivity contribution is 6.07. The number of likely N-dealkylation sites (tertiary alicyclic amines) is 1. The van der Waals surface area contributed by atoms with Gasteiger partial charge in [0.2, 0.25) is 0 Å². The molecule has 2 N–H and O–H groups in total. The van der Waals surface area contributed by atoms with Gasteiger partial charge in [0.05, 0.1) is 6.61 Å². The van der Waals surface area contributed by atoms with Crippen LogP contribution in [0, 0.1) is 18.3 Å². The molecule has 1 aliphatic heterocycles. The topological polar surface area (TPSA) is 94.5 Å². The van der Waals surface area contributed by atoms with Crippen LogP contribution in [0.1, 0.15) is 37.8 Å². The summed E-state index contributed by atoms with van der Waals surface area (Å²) in [5.41, 5.74) is 2.78. The lowest BCUT2D eigenvalue weighted by Gasteiger charge is -2.31. The number of nitrogens with zero attached hydrogens (tertiary/aromatic N) is 2. The molecule has 1 aromatic rings. The van der Waals surface area contributed by atoms with E-state index in [1.165, 1.54) is 6.20 Å². The van der Waals surface area contributed by atoms with Crippen LogP contribution in [0.5, 0.6) is 0 Å². The smallest absolute Gasteiger partial charge is 0.409 e. The summed E-state index contributed by atoms with van der Waals surface area (Å²) in [7, 11) is 0. The van der Waals surface area contributed by atoms with Crippen LogP contribution in [0.15, 0.2) is 30.0 Å². The minimum absolute atomic E-state index is 0.0260. The van der Waals surface area contributed by atoms with E-state index in [4.69, 9.17) is 4.74 Å². The Hall–Kier alpha value is -3.01. The number of piperidine rings is 1. The molecule has 0 bridgehead atoms. The first kappa shape index (κ1) is 21.3. The average molecular weight is 384 g/mol. The molecule has 2 rings (SSSR count). The largest absolute Gasteiger partial charge is 0.450 e. The van der Waals surface area contributed by atoms with Gasteiger partial charge in [-0.05, 0) is 44.2 Å². The Morgan fingerprint density at radius 2 is 2.04 bits per heavy atom. The molecule has 0 unspecified atom stereocenters. The van der Waals surface area contributed by atoms with E-state index in [-0.39, 0.29) is 17.7 Å². The van der Waals surface area contributed by atoms with Gasteiger partial charge in [-0.2, -0.15) is 5.26 Å². The van der Waals surface area contributed by atoms with Gasteiger partial charge in [0.1, 0.15) is 11.6 Å². The van der Waals surface area contributed by atoms with E-state index in [0.29, 0.717) is 19.7 Å². The lowest BCUT2D eigenvalue weighted by atomic mass is 10.0. The summed E-state index contributed by atoms with van der Waals surface area (Å²) >= 11 is 0.